The number of halogens is 4. The quantitative estimate of drug-likeness (QED) is 0.684. The van der Waals surface area contributed by atoms with Crippen LogP contribution in [0.25, 0.3) is 5.70 Å². The minimum Gasteiger partial charge on any atom is -0.324 e. The maximum atomic E-state index is 13.0. The molecule has 8 heteroatoms. The maximum absolute atomic E-state index is 13.0. The van der Waals surface area contributed by atoms with Gasteiger partial charge in [-0.3, -0.25) is 0 Å². The fourth-order valence-electron chi connectivity index (χ4n) is 2.90. The van der Waals surface area contributed by atoms with Gasteiger partial charge < -0.3 is 5.32 Å². The Kier molecular flexibility index (Phi) is 3.96. The van der Waals surface area contributed by atoms with Gasteiger partial charge in [-0.25, -0.2) is 4.68 Å². The molecule has 1 unspecified atom stereocenters. The Balaban J connectivity index is 1.82. The number of hydrogen-bond acceptors (Lipinski definition) is 3. The van der Waals surface area contributed by atoms with Crippen LogP contribution in [0.3, 0.4) is 0 Å². The summed E-state index contributed by atoms with van der Waals surface area (Å²) < 4.78 is 40.7. The Bertz CT molecular complexity index is 994. The van der Waals surface area contributed by atoms with Gasteiger partial charge in [0.15, 0.2) is 0 Å². The van der Waals surface area contributed by atoms with E-state index < -0.39 is 11.7 Å². The van der Waals surface area contributed by atoms with Gasteiger partial charge in [-0.1, -0.05) is 41.9 Å². The summed E-state index contributed by atoms with van der Waals surface area (Å²) in [5.74, 6) is 0.435. The molecule has 0 saturated carbocycles. The average molecular weight is 377 g/mol. The van der Waals surface area contributed by atoms with Gasteiger partial charge in [0.1, 0.15) is 12.4 Å². The monoisotopic (exact) mass is 376 g/mol. The third-order valence-electron chi connectivity index (χ3n) is 4.13. The largest absolute Gasteiger partial charge is 0.416 e. The molecule has 132 valence electrons. The molecule has 1 atom stereocenters. The number of nitrogens with one attached hydrogen (secondary N) is 1. The molecule has 1 aliphatic heterocycles. The molecule has 0 saturated heterocycles. The first kappa shape index (κ1) is 16.7. The highest BCUT2D eigenvalue weighted by Crippen LogP contribution is 2.36. The van der Waals surface area contributed by atoms with Gasteiger partial charge >= 0.3 is 6.18 Å². The summed E-state index contributed by atoms with van der Waals surface area (Å²) in [6.45, 7) is 0. The van der Waals surface area contributed by atoms with Crippen molar-refractivity contribution in [3.8, 4) is 0 Å². The normalized spacial score (nSPS) is 16.6. The molecule has 0 aliphatic carbocycles. The Morgan fingerprint density at radius 3 is 2.65 bits per heavy atom. The van der Waals surface area contributed by atoms with Crippen LogP contribution in [-0.2, 0) is 6.18 Å². The average Bonchev–Trinajstić information content (AvgIpc) is 3.09. The summed E-state index contributed by atoms with van der Waals surface area (Å²) in [4.78, 5) is 4.14. The van der Waals surface area contributed by atoms with Gasteiger partial charge in [-0.15, -0.1) is 0 Å². The van der Waals surface area contributed by atoms with Gasteiger partial charge in [-0.05, 0) is 35.4 Å². The van der Waals surface area contributed by atoms with Crippen molar-refractivity contribution in [1.82, 2.24) is 14.8 Å². The second kappa shape index (κ2) is 6.17. The minimum atomic E-state index is -4.41. The van der Waals surface area contributed by atoms with Crippen molar-refractivity contribution >= 4 is 23.2 Å². The predicted molar refractivity (Wildman–Crippen MR) is 92.7 cm³/mol. The van der Waals surface area contributed by atoms with Crippen molar-refractivity contribution in [3.63, 3.8) is 0 Å². The standard InChI is InChI=1S/C18H12ClF3N4/c19-14-7-2-1-6-13(14)16-9-15(25-17-23-10-24-26(16)17)11-4-3-5-12(8-11)18(20,21)22/h1-10,16H,(H,23,24,25). The van der Waals surface area contributed by atoms with E-state index in [-0.39, 0.29) is 6.04 Å². The Morgan fingerprint density at radius 1 is 1.08 bits per heavy atom. The number of fused-ring (bicyclic) bond motifs is 1. The lowest BCUT2D eigenvalue weighted by atomic mass is 10.0. The highest BCUT2D eigenvalue weighted by molar-refractivity contribution is 6.31. The van der Waals surface area contributed by atoms with Crippen molar-refractivity contribution in [1.29, 1.82) is 0 Å². The smallest absolute Gasteiger partial charge is 0.324 e. The summed E-state index contributed by atoms with van der Waals surface area (Å²) in [6.07, 6.45) is -1.24. The first-order valence-corrected chi connectivity index (χ1v) is 8.12. The first-order chi connectivity index (χ1) is 12.4. The van der Waals surface area contributed by atoms with Gasteiger partial charge in [0.2, 0.25) is 5.95 Å². The van der Waals surface area contributed by atoms with Crippen LogP contribution in [0.15, 0.2) is 60.9 Å². The predicted octanol–water partition coefficient (Wildman–Crippen LogP) is 5.01. The molecule has 0 radical (unpaired) electrons. The summed E-state index contributed by atoms with van der Waals surface area (Å²) in [5.41, 5.74) is 0.999. The van der Waals surface area contributed by atoms with Crippen LogP contribution in [-0.4, -0.2) is 14.8 Å². The third-order valence-corrected chi connectivity index (χ3v) is 4.48. The molecule has 26 heavy (non-hydrogen) atoms. The molecule has 1 aliphatic rings. The molecule has 1 aromatic heterocycles. The van der Waals surface area contributed by atoms with Gasteiger partial charge in [-0.2, -0.15) is 23.3 Å². The fraction of sp³-hybridized carbons (Fsp3) is 0.111. The van der Waals surface area contributed by atoms with Crippen LogP contribution in [0.5, 0.6) is 0 Å². The summed E-state index contributed by atoms with van der Waals surface area (Å²) in [7, 11) is 0. The number of rotatable bonds is 2. The van der Waals surface area contributed by atoms with Crippen molar-refractivity contribution in [2.24, 2.45) is 0 Å². The molecule has 0 amide bonds. The molecule has 2 aromatic carbocycles. The zero-order valence-electron chi connectivity index (χ0n) is 13.2. The highest BCUT2D eigenvalue weighted by atomic mass is 35.5. The number of hydrogen-bond donors (Lipinski definition) is 1. The SMILES string of the molecule is FC(F)(F)c1cccc(C2=CC(c3ccccc3Cl)n3ncnc3N2)c1. The molecule has 0 fully saturated rings. The van der Waals surface area contributed by atoms with E-state index in [9.17, 15) is 13.2 Å². The lowest BCUT2D eigenvalue weighted by Crippen LogP contribution is -2.20. The van der Waals surface area contributed by atoms with E-state index in [2.05, 4.69) is 15.4 Å². The Morgan fingerprint density at radius 2 is 1.88 bits per heavy atom. The number of allylic oxidation sites excluding steroid dienone is 1. The summed E-state index contributed by atoms with van der Waals surface area (Å²) in [5, 5.41) is 7.77. The van der Waals surface area contributed by atoms with E-state index in [1.165, 1.54) is 12.4 Å². The second-order valence-corrected chi connectivity index (χ2v) is 6.19. The van der Waals surface area contributed by atoms with Gasteiger partial charge in [0, 0.05) is 10.7 Å². The number of benzene rings is 2. The van der Waals surface area contributed by atoms with E-state index in [1.807, 2.05) is 18.2 Å². The molecule has 1 N–H and O–H groups in total. The Hall–Kier alpha value is -2.80. The molecule has 4 nitrogen and oxygen atoms in total. The second-order valence-electron chi connectivity index (χ2n) is 5.78. The van der Waals surface area contributed by atoms with Crippen LogP contribution in [0, 0.1) is 0 Å². The van der Waals surface area contributed by atoms with E-state index in [1.54, 1.807) is 22.9 Å². The lowest BCUT2D eigenvalue weighted by Gasteiger charge is -2.25. The molecule has 4 rings (SSSR count). The van der Waals surface area contributed by atoms with E-state index in [4.69, 9.17) is 11.6 Å². The number of alkyl halides is 3. The minimum absolute atomic E-state index is 0.382. The van der Waals surface area contributed by atoms with Crippen LogP contribution >= 0.6 is 11.6 Å². The molecular weight excluding hydrogens is 365 g/mol. The molecule has 0 bridgehead atoms. The van der Waals surface area contributed by atoms with E-state index >= 15 is 0 Å². The fourth-order valence-corrected chi connectivity index (χ4v) is 3.15. The van der Waals surface area contributed by atoms with Crippen LogP contribution < -0.4 is 5.32 Å². The summed E-state index contributed by atoms with van der Waals surface area (Å²) >= 11 is 6.31. The van der Waals surface area contributed by atoms with Crippen molar-refractivity contribution in [2.45, 2.75) is 12.2 Å². The van der Waals surface area contributed by atoms with Crippen molar-refractivity contribution in [2.75, 3.05) is 5.32 Å². The molecule has 0 spiro atoms. The molecular formula is C18H12ClF3N4. The summed E-state index contributed by atoms with van der Waals surface area (Å²) in [6, 6.07) is 12.0. The zero-order valence-corrected chi connectivity index (χ0v) is 14.0. The van der Waals surface area contributed by atoms with Crippen LogP contribution in [0.1, 0.15) is 22.7 Å². The number of anilines is 1. The molecule has 3 aromatic rings. The Labute approximate surface area is 151 Å². The third kappa shape index (κ3) is 2.94. The highest BCUT2D eigenvalue weighted by Gasteiger charge is 2.31. The van der Waals surface area contributed by atoms with Gasteiger partial charge in [0.25, 0.3) is 0 Å². The van der Waals surface area contributed by atoms with E-state index in [0.29, 0.717) is 22.2 Å². The van der Waals surface area contributed by atoms with E-state index in [0.717, 1.165) is 17.7 Å². The van der Waals surface area contributed by atoms with Crippen LogP contribution in [0.4, 0.5) is 19.1 Å². The zero-order chi connectivity index (χ0) is 18.3. The van der Waals surface area contributed by atoms with Crippen LogP contribution in [0.2, 0.25) is 5.02 Å². The topological polar surface area (TPSA) is 42.7 Å². The van der Waals surface area contributed by atoms with Gasteiger partial charge in [0.05, 0.1) is 5.56 Å². The molecule has 2 heterocycles. The van der Waals surface area contributed by atoms with Crippen molar-refractivity contribution < 1.29 is 13.2 Å². The maximum Gasteiger partial charge on any atom is 0.416 e. The number of nitrogens with zero attached hydrogens (tertiary/aromatic N) is 3. The number of aromatic nitrogens is 3. The lowest BCUT2D eigenvalue weighted by molar-refractivity contribution is -0.137. The first-order valence-electron chi connectivity index (χ1n) is 7.74. The van der Waals surface area contributed by atoms with Crippen molar-refractivity contribution in [3.05, 3.63) is 82.6 Å².